The second-order valence-corrected chi connectivity index (χ2v) is 32.0. The molecule has 0 radical (unpaired) electrons. The maximum Gasteiger partial charge on any atom is 0.306 e. The fraction of sp³-hybridized carbons (Fsp3) is 0.976. The van der Waals surface area contributed by atoms with Gasteiger partial charge in [0.1, 0.15) is 19.8 Å². The van der Waals surface area contributed by atoms with E-state index >= 15 is 0 Å². The average Bonchev–Trinajstić information content (AvgIpc) is 2.54. The van der Waals surface area contributed by atoms with E-state index in [1.54, 1.807) is 0 Å². The van der Waals surface area contributed by atoms with Crippen LogP contribution in [0.25, 0.3) is 0 Å². The molecule has 0 N–H and O–H groups in total. The van der Waals surface area contributed by atoms with Crippen LogP contribution in [0.5, 0.6) is 0 Å². The molecule has 0 aliphatic heterocycles. The second kappa shape index (κ2) is 75.2. The number of esters is 2. The molecule has 2 atom stereocenters. The van der Waals surface area contributed by atoms with Crippen LogP contribution in [0.2, 0.25) is 0 Å². The van der Waals surface area contributed by atoms with Gasteiger partial charge in [0.05, 0.1) is 27.7 Å². The van der Waals surface area contributed by atoms with Crippen LogP contribution in [-0.2, 0) is 32.7 Å². The summed E-state index contributed by atoms with van der Waals surface area (Å²) >= 11 is 0. The number of rotatable bonds is 81. The summed E-state index contributed by atoms with van der Waals surface area (Å²) in [4.78, 5) is 38.2. The molecule has 0 fully saturated rings. The van der Waals surface area contributed by atoms with Crippen LogP contribution >= 0.6 is 7.82 Å². The van der Waals surface area contributed by atoms with E-state index in [4.69, 9.17) is 18.5 Å². The lowest BCUT2D eigenvalue weighted by molar-refractivity contribution is -0.870. The zero-order valence-corrected chi connectivity index (χ0v) is 64.7. The van der Waals surface area contributed by atoms with Gasteiger partial charge in [0, 0.05) is 12.8 Å². The smallest absolute Gasteiger partial charge is 0.306 e. The fourth-order valence-electron chi connectivity index (χ4n) is 13.4. The normalized spacial score (nSPS) is 12.9. The van der Waals surface area contributed by atoms with Crippen molar-refractivity contribution in [2.75, 3.05) is 47.5 Å². The minimum absolute atomic E-state index is 0.0246. The van der Waals surface area contributed by atoms with Crippen molar-refractivity contribution in [3.8, 4) is 0 Å². The van der Waals surface area contributed by atoms with Gasteiger partial charge in [-0.05, 0) is 12.8 Å². The monoisotopic (exact) mass is 1340 g/mol. The van der Waals surface area contributed by atoms with Crippen molar-refractivity contribution in [3.05, 3.63) is 0 Å². The van der Waals surface area contributed by atoms with Crippen LogP contribution in [0.1, 0.15) is 470 Å². The van der Waals surface area contributed by atoms with Gasteiger partial charge in [-0.15, -0.1) is 0 Å². The van der Waals surface area contributed by atoms with E-state index in [-0.39, 0.29) is 32.0 Å². The lowest BCUT2D eigenvalue weighted by Gasteiger charge is -2.28. The van der Waals surface area contributed by atoms with E-state index in [0.29, 0.717) is 17.4 Å². The van der Waals surface area contributed by atoms with Gasteiger partial charge in [0.2, 0.25) is 0 Å². The standard InChI is InChI=1S/C83H166NO8P/c1-6-8-10-12-14-16-18-20-22-24-26-28-30-32-34-36-38-39-40-41-42-43-44-46-48-50-52-54-56-58-60-62-64-66-68-70-72-74-76-83(86)92-81(80-91-93(87,88)90-78-77-84(3,4)5)79-89-82(85)75-73-71-69-67-65-63-61-59-57-55-53-51-49-47-45-37-35-33-31-29-27-25-23-21-19-17-15-13-11-9-7-2/h81H,6-80H2,1-5H3. The van der Waals surface area contributed by atoms with Crippen molar-refractivity contribution in [3.63, 3.8) is 0 Å². The summed E-state index contributed by atoms with van der Waals surface area (Å²) in [5.41, 5.74) is 0. The molecular weight excluding hydrogens is 1170 g/mol. The van der Waals surface area contributed by atoms with Crippen molar-refractivity contribution in [1.29, 1.82) is 0 Å². The Morgan fingerprint density at radius 1 is 0.290 bits per heavy atom. The molecule has 0 aromatic heterocycles. The lowest BCUT2D eigenvalue weighted by atomic mass is 10.0. The number of ether oxygens (including phenoxy) is 2. The van der Waals surface area contributed by atoms with Crippen molar-refractivity contribution >= 4 is 19.8 Å². The molecule has 10 heteroatoms. The fourth-order valence-corrected chi connectivity index (χ4v) is 14.2. The summed E-state index contributed by atoms with van der Waals surface area (Å²) in [5.74, 6) is -0.799. The Kier molecular flexibility index (Phi) is 74.4. The molecule has 0 rings (SSSR count). The number of quaternary nitrogens is 1. The highest BCUT2D eigenvalue weighted by Crippen LogP contribution is 2.38. The second-order valence-electron chi connectivity index (χ2n) is 30.6. The van der Waals surface area contributed by atoms with E-state index in [0.717, 1.165) is 32.1 Å². The molecule has 2 unspecified atom stereocenters. The Bertz CT molecular complexity index is 1520. The summed E-state index contributed by atoms with van der Waals surface area (Å²) < 4.78 is 34.5. The van der Waals surface area contributed by atoms with Gasteiger partial charge in [0.15, 0.2) is 6.10 Å². The van der Waals surface area contributed by atoms with Gasteiger partial charge in [0.25, 0.3) is 7.82 Å². The number of hydrogen-bond donors (Lipinski definition) is 0. The van der Waals surface area contributed by atoms with Gasteiger partial charge in [-0.1, -0.05) is 444 Å². The molecule has 0 heterocycles. The van der Waals surface area contributed by atoms with E-state index in [1.807, 2.05) is 21.1 Å². The molecule has 556 valence electrons. The first-order valence-corrected chi connectivity index (χ1v) is 43.7. The molecule has 0 aromatic carbocycles. The molecule has 0 bridgehead atoms. The van der Waals surface area contributed by atoms with Crippen LogP contribution in [0.3, 0.4) is 0 Å². The van der Waals surface area contributed by atoms with Crippen LogP contribution < -0.4 is 4.89 Å². The van der Waals surface area contributed by atoms with Crippen molar-refractivity contribution in [1.82, 2.24) is 0 Å². The average molecular weight is 1340 g/mol. The number of hydrogen-bond acceptors (Lipinski definition) is 8. The Balaban J connectivity index is 3.85. The van der Waals surface area contributed by atoms with Crippen LogP contribution in [-0.4, -0.2) is 70.0 Å². The molecule has 0 aliphatic carbocycles. The predicted octanol–water partition coefficient (Wildman–Crippen LogP) is 27.4. The number of carbonyl (C=O) groups excluding carboxylic acids is 2. The minimum atomic E-state index is -4.64. The molecule has 9 nitrogen and oxygen atoms in total. The number of unbranched alkanes of at least 4 members (excludes halogenated alkanes) is 67. The van der Waals surface area contributed by atoms with Gasteiger partial charge in [-0.2, -0.15) is 0 Å². The zero-order valence-electron chi connectivity index (χ0n) is 63.8. The Morgan fingerprint density at radius 3 is 0.688 bits per heavy atom. The zero-order chi connectivity index (χ0) is 67.6. The third-order valence-corrected chi connectivity index (χ3v) is 20.8. The number of nitrogens with zero attached hydrogens (tertiary/aromatic N) is 1. The highest BCUT2D eigenvalue weighted by atomic mass is 31.2. The van der Waals surface area contributed by atoms with Gasteiger partial charge >= 0.3 is 11.9 Å². The maximum absolute atomic E-state index is 12.9. The van der Waals surface area contributed by atoms with Gasteiger partial charge in [-0.25, -0.2) is 0 Å². The predicted molar refractivity (Wildman–Crippen MR) is 402 cm³/mol. The first-order chi connectivity index (χ1) is 45.5. The third-order valence-electron chi connectivity index (χ3n) is 19.9. The van der Waals surface area contributed by atoms with Crippen molar-refractivity contribution in [2.45, 2.75) is 476 Å². The number of phosphoric acid groups is 1. The SMILES string of the molecule is CCCCCCCCCCCCCCCCCCCCCCCCCCCCCCCCCCCCCCCCC(=O)OC(COC(=O)CCCCCCCCCCCCCCCCCCCCCCCCCCCCCCCCC)COP(=O)([O-])OCC[N+](C)(C)C. The minimum Gasteiger partial charge on any atom is -0.756 e. The summed E-state index contributed by atoms with van der Waals surface area (Å²) in [6.07, 6.45) is 94.1. The Hall–Kier alpha value is -0.990. The molecule has 0 aliphatic rings. The first kappa shape index (κ1) is 92.0. The number of phosphoric ester groups is 1. The summed E-state index contributed by atoms with van der Waals surface area (Å²) in [5, 5.41) is 0. The molecule has 93 heavy (non-hydrogen) atoms. The summed E-state index contributed by atoms with van der Waals surface area (Å²) in [7, 11) is 1.20. The van der Waals surface area contributed by atoms with E-state index in [9.17, 15) is 19.0 Å². The summed E-state index contributed by atoms with van der Waals surface area (Å²) in [6.45, 7) is 4.35. The molecular formula is C83H166NO8P. The topological polar surface area (TPSA) is 111 Å². The van der Waals surface area contributed by atoms with Crippen LogP contribution in [0.15, 0.2) is 0 Å². The highest BCUT2D eigenvalue weighted by molar-refractivity contribution is 7.45. The molecule has 0 aromatic rings. The maximum atomic E-state index is 12.9. The molecule has 0 saturated heterocycles. The van der Waals surface area contributed by atoms with Gasteiger partial charge in [-0.3, -0.25) is 14.2 Å². The highest BCUT2D eigenvalue weighted by Gasteiger charge is 2.22. The Morgan fingerprint density at radius 2 is 0.484 bits per heavy atom. The van der Waals surface area contributed by atoms with Gasteiger partial charge < -0.3 is 27.9 Å². The number of carbonyl (C=O) groups is 2. The van der Waals surface area contributed by atoms with E-state index in [1.165, 1.54) is 405 Å². The molecule has 0 saturated carbocycles. The first-order valence-electron chi connectivity index (χ1n) is 42.2. The third kappa shape index (κ3) is 79.9. The largest absolute Gasteiger partial charge is 0.756 e. The molecule has 0 amide bonds. The quantitative estimate of drug-likeness (QED) is 0.0256. The lowest BCUT2D eigenvalue weighted by Crippen LogP contribution is -2.37. The summed E-state index contributed by atoms with van der Waals surface area (Å²) in [6, 6.07) is 0. The molecule has 0 spiro atoms. The Labute approximate surface area is 582 Å². The van der Waals surface area contributed by atoms with Crippen molar-refractivity contribution < 1.29 is 42.1 Å². The number of likely N-dealkylation sites (N-methyl/N-ethyl adjacent to an activating group) is 1. The van der Waals surface area contributed by atoms with Crippen LogP contribution in [0, 0.1) is 0 Å². The van der Waals surface area contributed by atoms with E-state index in [2.05, 4.69) is 13.8 Å². The van der Waals surface area contributed by atoms with Crippen molar-refractivity contribution in [2.24, 2.45) is 0 Å². The van der Waals surface area contributed by atoms with E-state index < -0.39 is 26.5 Å². The van der Waals surface area contributed by atoms with Crippen LogP contribution in [0.4, 0.5) is 0 Å².